The highest BCUT2D eigenvalue weighted by Crippen LogP contribution is 2.39. The van der Waals surface area contributed by atoms with Crippen LogP contribution in [0.25, 0.3) is 22.9 Å². The normalized spacial score (nSPS) is 14.0. The molecule has 0 spiro atoms. The predicted octanol–water partition coefficient (Wildman–Crippen LogP) is 4.59. The fourth-order valence-electron chi connectivity index (χ4n) is 3.75. The van der Waals surface area contributed by atoms with Crippen LogP contribution in [0, 0.1) is 11.3 Å². The highest BCUT2D eigenvalue weighted by Gasteiger charge is 2.29. The lowest BCUT2D eigenvalue weighted by Crippen LogP contribution is -2.20. The molecule has 0 saturated heterocycles. The van der Waals surface area contributed by atoms with Gasteiger partial charge in [0.1, 0.15) is 0 Å². The number of benzene rings is 2. The minimum Gasteiger partial charge on any atom is -0.493 e. The van der Waals surface area contributed by atoms with E-state index in [1.807, 2.05) is 24.3 Å². The smallest absolute Gasteiger partial charge is 0.387 e. The van der Waals surface area contributed by atoms with Crippen LogP contribution in [0.3, 0.4) is 0 Å². The van der Waals surface area contributed by atoms with Gasteiger partial charge in [0.15, 0.2) is 11.5 Å². The van der Waals surface area contributed by atoms with Gasteiger partial charge in [0.05, 0.1) is 37.5 Å². The molecule has 2 heterocycles. The third kappa shape index (κ3) is 4.28. The summed E-state index contributed by atoms with van der Waals surface area (Å²) in [5, 5.41) is 13.5. The molecule has 0 N–H and O–H groups in total. The summed E-state index contributed by atoms with van der Waals surface area (Å²) < 4.78 is 36.7. The topological polar surface area (TPSA) is 80.4 Å². The molecule has 0 atom stereocenters. The highest BCUT2D eigenvalue weighted by molar-refractivity contribution is 6.35. The Kier molecular flexibility index (Phi) is 6.09. The number of amides is 1. The maximum absolute atomic E-state index is 12.9. The second kappa shape index (κ2) is 9.12. The molecular formula is C24H20F2N4O3. The number of para-hydroxylation sites is 1. The number of carbonyl (C=O) groups excluding carboxylic acids is 1. The first kappa shape index (κ1) is 22.0. The van der Waals surface area contributed by atoms with Gasteiger partial charge in [0.2, 0.25) is 0 Å². The monoisotopic (exact) mass is 450 g/mol. The van der Waals surface area contributed by atoms with Gasteiger partial charge in [-0.15, -0.1) is 0 Å². The fourth-order valence-corrected chi connectivity index (χ4v) is 3.75. The predicted molar refractivity (Wildman–Crippen MR) is 119 cm³/mol. The minimum atomic E-state index is -2.99. The number of rotatable bonds is 7. The van der Waals surface area contributed by atoms with Crippen molar-refractivity contribution in [1.29, 1.82) is 5.26 Å². The van der Waals surface area contributed by atoms with E-state index in [1.165, 1.54) is 13.2 Å². The Labute approximate surface area is 189 Å². The first-order valence-electron chi connectivity index (χ1n) is 10.1. The van der Waals surface area contributed by atoms with Crippen molar-refractivity contribution in [1.82, 2.24) is 9.78 Å². The molecule has 1 aliphatic rings. The molecule has 7 nitrogen and oxygen atoms in total. The second-order valence-corrected chi connectivity index (χ2v) is 7.29. The van der Waals surface area contributed by atoms with Crippen molar-refractivity contribution in [2.75, 3.05) is 19.1 Å². The third-order valence-corrected chi connectivity index (χ3v) is 5.29. The van der Waals surface area contributed by atoms with Crippen molar-refractivity contribution in [2.45, 2.75) is 19.6 Å². The summed E-state index contributed by atoms with van der Waals surface area (Å²) in [5.74, 6) is -0.119. The van der Waals surface area contributed by atoms with Gasteiger partial charge in [-0.05, 0) is 30.3 Å². The van der Waals surface area contributed by atoms with Gasteiger partial charge < -0.3 is 14.4 Å². The number of hydrogen-bond acceptors (Lipinski definition) is 5. The number of alkyl halides is 2. The minimum absolute atomic E-state index is 0.0957. The van der Waals surface area contributed by atoms with Crippen molar-refractivity contribution in [3.8, 4) is 28.8 Å². The molecule has 3 aromatic rings. The average molecular weight is 450 g/mol. The zero-order valence-corrected chi connectivity index (χ0v) is 18.0. The Morgan fingerprint density at radius 3 is 2.73 bits per heavy atom. The summed E-state index contributed by atoms with van der Waals surface area (Å²) >= 11 is 0. The number of nitrogens with zero attached hydrogens (tertiary/aromatic N) is 4. The number of carbonyl (C=O) groups is 1. The van der Waals surface area contributed by atoms with Crippen molar-refractivity contribution in [3.05, 3.63) is 59.8 Å². The van der Waals surface area contributed by atoms with Crippen molar-refractivity contribution in [2.24, 2.45) is 0 Å². The molecule has 33 heavy (non-hydrogen) atoms. The van der Waals surface area contributed by atoms with Crippen LogP contribution in [0.2, 0.25) is 0 Å². The Balaban J connectivity index is 1.82. The molecule has 1 aliphatic heterocycles. The van der Waals surface area contributed by atoms with Crippen LogP contribution in [0.5, 0.6) is 11.5 Å². The summed E-state index contributed by atoms with van der Waals surface area (Å²) in [5.41, 5.74) is 3.87. The molecule has 0 aliphatic carbocycles. The number of nitriles is 1. The van der Waals surface area contributed by atoms with E-state index in [-0.39, 0.29) is 23.8 Å². The van der Waals surface area contributed by atoms with Gasteiger partial charge in [-0.1, -0.05) is 18.2 Å². The number of hydrogen-bond donors (Lipinski definition) is 0. The van der Waals surface area contributed by atoms with Gasteiger partial charge in [-0.3, -0.25) is 9.48 Å². The average Bonchev–Trinajstić information content (AvgIpc) is 3.32. The van der Waals surface area contributed by atoms with Gasteiger partial charge in [0.25, 0.3) is 5.91 Å². The molecule has 0 bridgehead atoms. The standard InChI is InChI=1S/C24H20F2N4O3/c1-29-19-7-4-3-6-17(19)18(23(29)31)12-16-14-30(11-5-10-27)28-22(16)15-8-9-20(33-24(25)26)21(13-15)32-2/h3-4,6-9,12-14,24H,5,11H2,1-2H3/b18-12-. The molecule has 0 fully saturated rings. The lowest BCUT2D eigenvalue weighted by Gasteiger charge is -2.11. The van der Waals surface area contributed by atoms with E-state index in [1.54, 1.807) is 41.0 Å². The number of anilines is 1. The number of aryl methyl sites for hydroxylation is 1. The summed E-state index contributed by atoms with van der Waals surface area (Å²) in [6, 6.07) is 14.1. The fraction of sp³-hybridized carbons (Fsp3) is 0.208. The maximum Gasteiger partial charge on any atom is 0.387 e. The van der Waals surface area contributed by atoms with Crippen LogP contribution in [0.1, 0.15) is 17.5 Å². The molecule has 2 aromatic carbocycles. The van der Waals surface area contributed by atoms with E-state index in [9.17, 15) is 13.6 Å². The van der Waals surface area contributed by atoms with E-state index in [4.69, 9.17) is 10.00 Å². The van der Waals surface area contributed by atoms with Gasteiger partial charge >= 0.3 is 6.61 Å². The lowest BCUT2D eigenvalue weighted by atomic mass is 10.0. The van der Waals surface area contributed by atoms with Crippen LogP contribution >= 0.6 is 0 Å². The number of methoxy groups -OCH3 is 1. The Morgan fingerprint density at radius 1 is 1.21 bits per heavy atom. The number of halogens is 2. The Morgan fingerprint density at radius 2 is 2.00 bits per heavy atom. The molecule has 9 heteroatoms. The molecular weight excluding hydrogens is 430 g/mol. The lowest BCUT2D eigenvalue weighted by molar-refractivity contribution is -0.112. The number of likely N-dealkylation sites (N-methyl/N-ethyl adjacent to an activating group) is 1. The SMILES string of the molecule is COc1cc(-c2nn(CCC#N)cc2/C=C2\C(=O)N(C)c3ccccc32)ccc1OC(F)F. The van der Waals surface area contributed by atoms with E-state index in [2.05, 4.69) is 15.9 Å². The Hall–Kier alpha value is -4.19. The quantitative estimate of drug-likeness (QED) is 0.492. The number of ether oxygens (including phenoxy) is 2. The van der Waals surface area contributed by atoms with Crippen LogP contribution in [-0.2, 0) is 11.3 Å². The molecule has 1 amide bonds. The molecule has 1 aromatic heterocycles. The first-order valence-corrected chi connectivity index (χ1v) is 10.1. The number of aromatic nitrogens is 2. The summed E-state index contributed by atoms with van der Waals surface area (Å²) in [6.07, 6.45) is 3.77. The van der Waals surface area contributed by atoms with Gasteiger partial charge in [0, 0.05) is 35.5 Å². The van der Waals surface area contributed by atoms with E-state index >= 15 is 0 Å². The van der Waals surface area contributed by atoms with Crippen molar-refractivity contribution in [3.63, 3.8) is 0 Å². The van der Waals surface area contributed by atoms with Crippen LogP contribution in [0.4, 0.5) is 14.5 Å². The van der Waals surface area contributed by atoms with Crippen LogP contribution in [-0.4, -0.2) is 36.5 Å². The highest BCUT2D eigenvalue weighted by atomic mass is 19.3. The second-order valence-electron chi connectivity index (χ2n) is 7.29. The summed E-state index contributed by atoms with van der Waals surface area (Å²) in [6.45, 7) is -2.62. The molecule has 168 valence electrons. The number of fused-ring (bicyclic) bond motifs is 1. The third-order valence-electron chi connectivity index (χ3n) is 5.29. The van der Waals surface area contributed by atoms with Crippen molar-refractivity contribution < 1.29 is 23.0 Å². The zero-order valence-electron chi connectivity index (χ0n) is 18.0. The van der Waals surface area contributed by atoms with E-state index in [0.29, 0.717) is 28.9 Å². The first-order chi connectivity index (χ1) is 15.9. The Bertz CT molecular complexity index is 1280. The molecule has 4 rings (SSSR count). The van der Waals surface area contributed by atoms with E-state index in [0.717, 1.165) is 11.3 Å². The summed E-state index contributed by atoms with van der Waals surface area (Å²) in [7, 11) is 3.07. The van der Waals surface area contributed by atoms with Gasteiger partial charge in [-0.25, -0.2) is 0 Å². The molecule has 0 saturated carbocycles. The van der Waals surface area contributed by atoms with Crippen LogP contribution in [0.15, 0.2) is 48.7 Å². The van der Waals surface area contributed by atoms with Gasteiger partial charge in [-0.2, -0.15) is 19.1 Å². The maximum atomic E-state index is 12.9. The van der Waals surface area contributed by atoms with Crippen molar-refractivity contribution >= 4 is 23.2 Å². The largest absolute Gasteiger partial charge is 0.493 e. The zero-order chi connectivity index (χ0) is 23.5. The summed E-state index contributed by atoms with van der Waals surface area (Å²) in [4.78, 5) is 14.5. The van der Waals surface area contributed by atoms with E-state index < -0.39 is 6.61 Å². The molecule has 0 radical (unpaired) electrons. The van der Waals surface area contributed by atoms with Crippen LogP contribution < -0.4 is 14.4 Å². The molecule has 0 unspecified atom stereocenters.